The molecule has 0 bridgehead atoms. The molecule has 1 fully saturated rings. The number of aryl methyl sites for hydroxylation is 1. The average molecular weight is 488 g/mol. The van der Waals surface area contributed by atoms with Crippen molar-refractivity contribution < 1.29 is 14.0 Å². The first kappa shape index (κ1) is 23.3. The largest absolute Gasteiger partial charge is 0.363 e. The summed E-state index contributed by atoms with van der Waals surface area (Å²) in [5.41, 5.74) is 2.71. The number of hydrogen-bond donors (Lipinski definition) is 0. The van der Waals surface area contributed by atoms with Gasteiger partial charge in [-0.2, -0.15) is 0 Å². The molecule has 0 radical (unpaired) electrons. The number of amides is 2. The van der Waals surface area contributed by atoms with Crippen molar-refractivity contribution in [1.82, 2.24) is 9.80 Å². The van der Waals surface area contributed by atoms with E-state index < -0.39 is 17.6 Å². The van der Waals surface area contributed by atoms with Gasteiger partial charge >= 0.3 is 0 Å². The van der Waals surface area contributed by atoms with Crippen LogP contribution in [0.4, 0.5) is 10.1 Å². The minimum Gasteiger partial charge on any atom is -0.363 e. The minimum atomic E-state index is -0.595. The lowest BCUT2D eigenvalue weighted by molar-refractivity contribution is -0.121. The number of para-hydroxylation sites is 1. The summed E-state index contributed by atoms with van der Waals surface area (Å²) in [6, 6.07) is 24.0. The van der Waals surface area contributed by atoms with E-state index in [9.17, 15) is 14.0 Å². The van der Waals surface area contributed by atoms with E-state index in [4.69, 9.17) is 0 Å². The van der Waals surface area contributed by atoms with Gasteiger partial charge in [-0.15, -0.1) is 0 Å². The van der Waals surface area contributed by atoms with Crippen molar-refractivity contribution in [3.8, 4) is 0 Å². The highest BCUT2D eigenvalue weighted by atomic mass is 32.2. The maximum Gasteiger partial charge on any atom is 0.283 e. The molecule has 178 valence electrons. The second kappa shape index (κ2) is 10.1. The molecule has 0 unspecified atom stereocenters. The van der Waals surface area contributed by atoms with Crippen molar-refractivity contribution in [1.29, 1.82) is 0 Å². The van der Waals surface area contributed by atoms with Crippen LogP contribution in [-0.2, 0) is 16.1 Å². The Bertz CT molecular complexity index is 1270. The van der Waals surface area contributed by atoms with Crippen LogP contribution in [0.2, 0.25) is 0 Å². The summed E-state index contributed by atoms with van der Waals surface area (Å²) in [4.78, 5) is 33.6. The Kier molecular flexibility index (Phi) is 6.70. The summed E-state index contributed by atoms with van der Waals surface area (Å²) in [6.07, 6.45) is 0. The Hall–Kier alpha value is -3.42. The Morgan fingerprint density at radius 3 is 2.14 bits per heavy atom. The number of nitrogens with zero attached hydrogens (tertiary/aromatic N) is 3. The minimum absolute atomic E-state index is 0.0118. The Balaban J connectivity index is 1.42. The van der Waals surface area contributed by atoms with Crippen LogP contribution >= 0.6 is 11.8 Å². The summed E-state index contributed by atoms with van der Waals surface area (Å²) < 4.78 is 14.6. The third-order valence-corrected chi connectivity index (χ3v) is 7.37. The fraction of sp³-hybridized carbons (Fsp3) is 0.214. The van der Waals surface area contributed by atoms with Crippen molar-refractivity contribution in [2.45, 2.75) is 18.4 Å². The van der Waals surface area contributed by atoms with Gasteiger partial charge in [-0.25, -0.2) is 9.29 Å². The maximum atomic E-state index is 14.6. The lowest BCUT2D eigenvalue weighted by atomic mass is 10.2. The molecule has 0 atom stereocenters. The highest BCUT2D eigenvalue weighted by Crippen LogP contribution is 2.39. The lowest BCUT2D eigenvalue weighted by Crippen LogP contribution is -2.47. The van der Waals surface area contributed by atoms with E-state index in [2.05, 4.69) is 17.0 Å². The molecule has 5 nitrogen and oxygen atoms in total. The fourth-order valence-electron chi connectivity index (χ4n) is 4.42. The number of imide groups is 1. The standard InChI is InChI=1S/C28H26FN3O2S/c1-20-11-13-22(14-12-20)35-26-25(27(33)32(28(26)34)24-10-6-5-9-23(24)29)31-17-15-30(16-18-31)19-21-7-3-2-4-8-21/h2-14H,15-19H2,1H3. The van der Waals surface area contributed by atoms with Gasteiger partial charge in [0.05, 0.1) is 5.69 Å². The van der Waals surface area contributed by atoms with Crippen LogP contribution in [0.1, 0.15) is 11.1 Å². The molecule has 7 heteroatoms. The highest BCUT2D eigenvalue weighted by Gasteiger charge is 2.43. The Morgan fingerprint density at radius 1 is 0.800 bits per heavy atom. The molecular weight excluding hydrogens is 461 g/mol. The van der Waals surface area contributed by atoms with E-state index in [0.29, 0.717) is 23.7 Å². The Labute approximate surface area is 208 Å². The van der Waals surface area contributed by atoms with E-state index >= 15 is 0 Å². The molecule has 0 spiro atoms. The van der Waals surface area contributed by atoms with Crippen LogP contribution in [0, 0.1) is 12.7 Å². The third kappa shape index (κ3) is 4.88. The molecule has 0 aromatic heterocycles. The first-order valence-electron chi connectivity index (χ1n) is 11.6. The number of hydrogen-bond acceptors (Lipinski definition) is 5. The van der Waals surface area contributed by atoms with E-state index in [0.717, 1.165) is 35.0 Å². The summed E-state index contributed by atoms with van der Waals surface area (Å²) in [7, 11) is 0. The molecule has 0 saturated carbocycles. The van der Waals surface area contributed by atoms with Crippen molar-refractivity contribution in [3.05, 3.63) is 106 Å². The monoisotopic (exact) mass is 487 g/mol. The van der Waals surface area contributed by atoms with Gasteiger partial charge in [0.1, 0.15) is 16.4 Å². The number of piperazine rings is 1. The lowest BCUT2D eigenvalue weighted by Gasteiger charge is -2.36. The Morgan fingerprint density at radius 2 is 1.46 bits per heavy atom. The predicted octanol–water partition coefficient (Wildman–Crippen LogP) is 4.83. The molecule has 3 aromatic carbocycles. The van der Waals surface area contributed by atoms with Gasteiger partial charge in [-0.05, 0) is 36.8 Å². The molecule has 1 saturated heterocycles. The van der Waals surface area contributed by atoms with Crippen molar-refractivity contribution in [2.24, 2.45) is 0 Å². The molecule has 2 aliphatic rings. The molecule has 35 heavy (non-hydrogen) atoms. The van der Waals surface area contributed by atoms with Crippen molar-refractivity contribution in [2.75, 3.05) is 31.1 Å². The number of anilines is 1. The number of benzene rings is 3. The number of halogens is 1. The van der Waals surface area contributed by atoms with Crippen LogP contribution in [0.5, 0.6) is 0 Å². The van der Waals surface area contributed by atoms with Gasteiger partial charge in [-0.3, -0.25) is 14.5 Å². The third-order valence-electron chi connectivity index (χ3n) is 6.29. The van der Waals surface area contributed by atoms with Crippen LogP contribution < -0.4 is 4.90 Å². The molecule has 0 N–H and O–H groups in total. The van der Waals surface area contributed by atoms with Gasteiger partial charge in [0.15, 0.2) is 0 Å². The molecule has 0 aliphatic carbocycles. The normalized spacial score (nSPS) is 17.0. The average Bonchev–Trinajstić information content (AvgIpc) is 3.11. The predicted molar refractivity (Wildman–Crippen MR) is 136 cm³/mol. The molecule has 2 amide bonds. The zero-order valence-corrected chi connectivity index (χ0v) is 20.3. The van der Waals surface area contributed by atoms with Gasteiger partial charge < -0.3 is 4.90 Å². The van der Waals surface area contributed by atoms with E-state index in [1.165, 1.54) is 29.5 Å². The van der Waals surface area contributed by atoms with Crippen LogP contribution in [-0.4, -0.2) is 47.8 Å². The quantitative estimate of drug-likeness (QED) is 0.466. The zero-order chi connectivity index (χ0) is 24.4. The van der Waals surface area contributed by atoms with Crippen molar-refractivity contribution in [3.63, 3.8) is 0 Å². The first-order chi connectivity index (χ1) is 17.0. The number of thioether (sulfide) groups is 1. The molecule has 2 aliphatic heterocycles. The molecule has 2 heterocycles. The summed E-state index contributed by atoms with van der Waals surface area (Å²) >= 11 is 1.27. The number of carbonyl (C=O) groups is 2. The first-order valence-corrected chi connectivity index (χ1v) is 12.5. The summed E-state index contributed by atoms with van der Waals surface area (Å²) in [5.74, 6) is -1.54. The SMILES string of the molecule is Cc1ccc(SC2=C(N3CCN(Cc4ccccc4)CC3)C(=O)N(c3ccccc3F)C2=O)cc1. The topological polar surface area (TPSA) is 43.9 Å². The smallest absolute Gasteiger partial charge is 0.283 e. The maximum absolute atomic E-state index is 14.6. The second-order valence-corrected chi connectivity index (χ2v) is 9.82. The van der Waals surface area contributed by atoms with E-state index in [1.54, 1.807) is 12.1 Å². The highest BCUT2D eigenvalue weighted by molar-refractivity contribution is 8.04. The zero-order valence-electron chi connectivity index (χ0n) is 19.5. The number of rotatable bonds is 6. The van der Waals surface area contributed by atoms with E-state index in [-0.39, 0.29) is 5.69 Å². The molecule has 3 aromatic rings. The van der Waals surface area contributed by atoms with Gasteiger partial charge in [0.2, 0.25) is 0 Å². The van der Waals surface area contributed by atoms with Gasteiger partial charge in [-0.1, -0.05) is 71.9 Å². The van der Waals surface area contributed by atoms with Gasteiger partial charge in [0, 0.05) is 37.6 Å². The van der Waals surface area contributed by atoms with E-state index in [1.807, 2.05) is 54.3 Å². The number of carbonyl (C=O) groups excluding carboxylic acids is 2. The fourth-order valence-corrected chi connectivity index (χ4v) is 5.42. The summed E-state index contributed by atoms with van der Waals surface area (Å²) in [6.45, 7) is 5.60. The van der Waals surface area contributed by atoms with Crippen LogP contribution in [0.3, 0.4) is 0 Å². The van der Waals surface area contributed by atoms with Crippen molar-refractivity contribution >= 4 is 29.3 Å². The summed E-state index contributed by atoms with van der Waals surface area (Å²) in [5, 5.41) is 0. The van der Waals surface area contributed by atoms with Crippen LogP contribution in [0.15, 0.2) is 94.4 Å². The molecular formula is C28H26FN3O2S. The van der Waals surface area contributed by atoms with Gasteiger partial charge in [0.25, 0.3) is 11.8 Å². The molecule has 5 rings (SSSR count). The second-order valence-electron chi connectivity index (χ2n) is 8.74. The van der Waals surface area contributed by atoms with Crippen LogP contribution in [0.25, 0.3) is 0 Å².